The fraction of sp³-hybridized carbons (Fsp3) is 0.500. The normalized spacial score (nSPS) is 13.9. The Kier molecular flexibility index (Phi) is 3.99. The van der Waals surface area contributed by atoms with E-state index in [1.54, 1.807) is 20.8 Å². The maximum Gasteiger partial charge on any atom is 0.130 e. The van der Waals surface area contributed by atoms with Crippen LogP contribution >= 0.6 is 0 Å². The van der Waals surface area contributed by atoms with Gasteiger partial charge in [-0.1, -0.05) is 6.07 Å². The van der Waals surface area contributed by atoms with Crippen LogP contribution < -0.4 is 5.32 Å². The number of hydrogen-bond donors (Lipinski definition) is 2. The summed E-state index contributed by atoms with van der Waals surface area (Å²) in [6.07, 6.45) is 0. The van der Waals surface area contributed by atoms with Gasteiger partial charge in [-0.25, -0.2) is 8.78 Å². The highest BCUT2D eigenvalue weighted by atomic mass is 19.1. The van der Waals surface area contributed by atoms with Crippen LogP contribution in [-0.4, -0.2) is 16.7 Å². The highest BCUT2D eigenvalue weighted by Gasteiger charge is 2.21. The lowest BCUT2D eigenvalue weighted by Gasteiger charge is -2.26. The second-order valence-electron chi connectivity index (χ2n) is 4.49. The Bertz CT molecular complexity index is 361. The standard InChI is InChI=1S/C12H17F2NO/c1-8(12(2,3)16)15-7-9-4-5-10(13)6-11(9)14/h4-6,8,15-16H,7H2,1-3H3. The third-order valence-corrected chi connectivity index (χ3v) is 2.67. The van der Waals surface area contributed by atoms with Crippen molar-refractivity contribution in [3.63, 3.8) is 0 Å². The lowest BCUT2D eigenvalue weighted by atomic mass is 10.0. The average Bonchev–Trinajstić information content (AvgIpc) is 2.14. The molecule has 0 saturated heterocycles. The van der Waals surface area contributed by atoms with E-state index in [1.165, 1.54) is 12.1 Å². The fourth-order valence-electron chi connectivity index (χ4n) is 1.18. The molecule has 0 aliphatic heterocycles. The molecule has 0 amide bonds. The zero-order valence-electron chi connectivity index (χ0n) is 9.72. The molecule has 0 heterocycles. The highest BCUT2D eigenvalue weighted by molar-refractivity contribution is 5.18. The molecule has 1 atom stereocenters. The van der Waals surface area contributed by atoms with Crippen molar-refractivity contribution >= 4 is 0 Å². The Labute approximate surface area is 94.3 Å². The Morgan fingerprint density at radius 2 is 2.00 bits per heavy atom. The summed E-state index contributed by atoms with van der Waals surface area (Å²) in [5.74, 6) is -1.16. The van der Waals surface area contributed by atoms with Gasteiger partial charge in [-0.15, -0.1) is 0 Å². The molecule has 1 aromatic carbocycles. The summed E-state index contributed by atoms with van der Waals surface area (Å²) in [5, 5.41) is 12.6. The lowest BCUT2D eigenvalue weighted by Crippen LogP contribution is -2.44. The van der Waals surface area contributed by atoms with E-state index >= 15 is 0 Å². The van der Waals surface area contributed by atoms with Crippen molar-refractivity contribution in [3.8, 4) is 0 Å². The Morgan fingerprint density at radius 1 is 1.38 bits per heavy atom. The average molecular weight is 229 g/mol. The van der Waals surface area contributed by atoms with Gasteiger partial charge in [0, 0.05) is 24.2 Å². The second kappa shape index (κ2) is 4.89. The van der Waals surface area contributed by atoms with Crippen LogP contribution in [0.3, 0.4) is 0 Å². The summed E-state index contributed by atoms with van der Waals surface area (Å²) >= 11 is 0. The van der Waals surface area contributed by atoms with Crippen molar-refractivity contribution in [2.24, 2.45) is 0 Å². The summed E-state index contributed by atoms with van der Waals surface area (Å²) in [5.41, 5.74) is -0.492. The molecule has 0 aromatic heterocycles. The van der Waals surface area contributed by atoms with Gasteiger partial charge in [0.2, 0.25) is 0 Å². The van der Waals surface area contributed by atoms with Gasteiger partial charge in [-0.05, 0) is 26.8 Å². The topological polar surface area (TPSA) is 32.3 Å². The van der Waals surface area contributed by atoms with Gasteiger partial charge >= 0.3 is 0 Å². The molecular weight excluding hydrogens is 212 g/mol. The van der Waals surface area contributed by atoms with E-state index in [2.05, 4.69) is 5.32 Å². The molecule has 16 heavy (non-hydrogen) atoms. The molecular formula is C12H17F2NO. The van der Waals surface area contributed by atoms with Crippen molar-refractivity contribution in [2.75, 3.05) is 0 Å². The van der Waals surface area contributed by atoms with Crippen molar-refractivity contribution in [3.05, 3.63) is 35.4 Å². The predicted molar refractivity (Wildman–Crippen MR) is 59.0 cm³/mol. The van der Waals surface area contributed by atoms with Crippen LogP contribution in [0.1, 0.15) is 26.3 Å². The van der Waals surface area contributed by atoms with Gasteiger partial charge in [0.25, 0.3) is 0 Å². The molecule has 0 aliphatic rings. The molecule has 0 spiro atoms. The summed E-state index contributed by atoms with van der Waals surface area (Å²) < 4.78 is 25.9. The number of halogens is 2. The quantitative estimate of drug-likeness (QED) is 0.829. The maximum atomic E-state index is 13.3. The zero-order valence-corrected chi connectivity index (χ0v) is 9.72. The molecule has 1 rings (SSSR count). The molecule has 1 aromatic rings. The lowest BCUT2D eigenvalue weighted by molar-refractivity contribution is 0.0436. The van der Waals surface area contributed by atoms with Crippen LogP contribution in [0.5, 0.6) is 0 Å². The number of benzene rings is 1. The van der Waals surface area contributed by atoms with E-state index in [1.807, 2.05) is 0 Å². The summed E-state index contributed by atoms with van der Waals surface area (Å²) in [4.78, 5) is 0. The molecule has 0 fully saturated rings. The molecule has 0 radical (unpaired) electrons. The van der Waals surface area contributed by atoms with Gasteiger partial charge in [0.15, 0.2) is 0 Å². The predicted octanol–water partition coefficient (Wildman–Crippen LogP) is 2.21. The molecule has 2 nitrogen and oxygen atoms in total. The number of hydrogen-bond acceptors (Lipinski definition) is 2. The van der Waals surface area contributed by atoms with Crippen molar-refractivity contribution < 1.29 is 13.9 Å². The van der Waals surface area contributed by atoms with Crippen LogP contribution in [-0.2, 0) is 6.54 Å². The Balaban J connectivity index is 2.62. The van der Waals surface area contributed by atoms with Gasteiger partial charge < -0.3 is 10.4 Å². The summed E-state index contributed by atoms with van der Waals surface area (Å²) in [6.45, 7) is 5.41. The van der Waals surface area contributed by atoms with E-state index in [4.69, 9.17) is 0 Å². The van der Waals surface area contributed by atoms with E-state index in [0.29, 0.717) is 5.56 Å². The Hall–Kier alpha value is -1.00. The van der Waals surface area contributed by atoms with E-state index in [9.17, 15) is 13.9 Å². The van der Waals surface area contributed by atoms with Crippen LogP contribution in [0.15, 0.2) is 18.2 Å². The van der Waals surface area contributed by atoms with Crippen molar-refractivity contribution in [1.29, 1.82) is 0 Å². The van der Waals surface area contributed by atoms with Gasteiger partial charge in [0.1, 0.15) is 11.6 Å². The van der Waals surface area contributed by atoms with Gasteiger partial charge in [0.05, 0.1) is 5.60 Å². The van der Waals surface area contributed by atoms with Crippen molar-refractivity contribution in [1.82, 2.24) is 5.32 Å². The molecule has 0 saturated carbocycles. The van der Waals surface area contributed by atoms with E-state index < -0.39 is 17.2 Å². The molecule has 2 N–H and O–H groups in total. The fourth-order valence-corrected chi connectivity index (χ4v) is 1.18. The second-order valence-corrected chi connectivity index (χ2v) is 4.49. The number of nitrogens with one attached hydrogen (secondary N) is 1. The first-order valence-electron chi connectivity index (χ1n) is 5.20. The Morgan fingerprint density at radius 3 is 2.50 bits per heavy atom. The largest absolute Gasteiger partial charge is 0.389 e. The molecule has 0 aliphatic carbocycles. The van der Waals surface area contributed by atoms with Crippen molar-refractivity contribution in [2.45, 2.75) is 39.0 Å². The summed E-state index contributed by atoms with van der Waals surface area (Å²) in [6, 6.07) is 3.28. The number of rotatable bonds is 4. The SMILES string of the molecule is CC(NCc1ccc(F)cc1F)C(C)(C)O. The molecule has 0 bridgehead atoms. The smallest absolute Gasteiger partial charge is 0.130 e. The minimum Gasteiger partial charge on any atom is -0.389 e. The van der Waals surface area contributed by atoms with Crippen LogP contribution in [0.2, 0.25) is 0 Å². The van der Waals surface area contributed by atoms with Gasteiger partial charge in [-0.3, -0.25) is 0 Å². The molecule has 90 valence electrons. The zero-order chi connectivity index (χ0) is 12.3. The summed E-state index contributed by atoms with van der Waals surface area (Å²) in [7, 11) is 0. The molecule has 1 unspecified atom stereocenters. The first-order chi connectivity index (χ1) is 7.30. The first kappa shape index (κ1) is 13.1. The van der Waals surface area contributed by atoms with E-state index in [0.717, 1.165) is 6.07 Å². The highest BCUT2D eigenvalue weighted by Crippen LogP contribution is 2.12. The first-order valence-corrected chi connectivity index (χ1v) is 5.20. The van der Waals surface area contributed by atoms with Crippen LogP contribution in [0, 0.1) is 11.6 Å². The van der Waals surface area contributed by atoms with Gasteiger partial charge in [-0.2, -0.15) is 0 Å². The van der Waals surface area contributed by atoms with Crippen LogP contribution in [0.25, 0.3) is 0 Å². The van der Waals surface area contributed by atoms with Crippen LogP contribution in [0.4, 0.5) is 8.78 Å². The van der Waals surface area contributed by atoms with E-state index in [-0.39, 0.29) is 12.6 Å². The number of aliphatic hydroxyl groups is 1. The third-order valence-electron chi connectivity index (χ3n) is 2.67. The minimum absolute atomic E-state index is 0.183. The maximum absolute atomic E-state index is 13.3. The third kappa shape index (κ3) is 3.54. The minimum atomic E-state index is -0.878. The monoisotopic (exact) mass is 229 g/mol. The molecule has 4 heteroatoms.